The molecule has 4 heteroatoms. The highest BCUT2D eigenvalue weighted by Crippen LogP contribution is 2.48. The van der Waals surface area contributed by atoms with Crippen molar-refractivity contribution in [3.63, 3.8) is 0 Å². The smallest absolute Gasteiger partial charge is 0.235 e. The molecule has 0 spiro atoms. The lowest BCUT2D eigenvalue weighted by atomic mass is 9.95. The molecule has 0 aliphatic carbocycles. The Hall–Kier alpha value is -9.12. The maximum atomic E-state index is 5.65. The largest absolute Gasteiger partial charge is 0.309 e. The standard InChI is InChI=1S/C64H40N4/c1-4-19-41(20-5-1)44-25-18-26-45(37-44)62-53-31-14-16-33-55(53)65-64(66-62)68-58-36-35-57-59(61(58)60-51-29-12-10-27-49(51)50-28-11-13-30-52(50)63(60)68)54-32-15-17-34-56(54)67(57)48-39-46(42-21-6-2-7-22-42)38-47(40-48)43-23-8-3-9-24-43/h1-40H. The van der Waals surface area contributed by atoms with Gasteiger partial charge in [0.1, 0.15) is 0 Å². The summed E-state index contributed by atoms with van der Waals surface area (Å²) < 4.78 is 4.82. The van der Waals surface area contributed by atoms with Gasteiger partial charge in [-0.3, -0.25) is 4.57 Å². The summed E-state index contributed by atoms with van der Waals surface area (Å²) in [6, 6.07) is 87.5. The zero-order valence-electron chi connectivity index (χ0n) is 36.9. The van der Waals surface area contributed by atoms with Gasteiger partial charge in [-0.15, -0.1) is 0 Å². The number of aromatic nitrogens is 4. The van der Waals surface area contributed by atoms with Gasteiger partial charge in [-0.2, -0.15) is 0 Å². The van der Waals surface area contributed by atoms with Crippen LogP contribution >= 0.6 is 0 Å². The fourth-order valence-corrected chi connectivity index (χ4v) is 10.9. The number of nitrogens with zero attached hydrogens (tertiary/aromatic N) is 4. The SMILES string of the molecule is c1ccc(-c2cccc(-c3nc(-n4c5ccc6c(c7ccccc7n6-c6cc(-c7ccccc7)cc(-c7ccccc7)c6)c5c5c6ccccc6c6ccccc6c54)nc4ccccc34)c2)cc1. The molecule has 0 radical (unpaired) electrons. The van der Waals surface area contributed by atoms with E-state index >= 15 is 0 Å². The summed E-state index contributed by atoms with van der Waals surface area (Å²) in [6.07, 6.45) is 0. The molecule has 0 aliphatic rings. The fourth-order valence-electron chi connectivity index (χ4n) is 10.9. The van der Waals surface area contributed by atoms with Gasteiger partial charge in [-0.25, -0.2) is 9.97 Å². The van der Waals surface area contributed by atoms with Crippen LogP contribution in [-0.4, -0.2) is 19.1 Å². The molecule has 14 rings (SSSR count). The Balaban J connectivity index is 1.13. The van der Waals surface area contributed by atoms with E-state index in [2.05, 4.69) is 252 Å². The minimum Gasteiger partial charge on any atom is -0.309 e. The second-order valence-corrected chi connectivity index (χ2v) is 17.7. The Morgan fingerprint density at radius 3 is 1.43 bits per heavy atom. The van der Waals surface area contributed by atoms with Crippen LogP contribution in [-0.2, 0) is 0 Å². The predicted molar refractivity (Wildman–Crippen MR) is 285 cm³/mol. The van der Waals surface area contributed by atoms with Crippen LogP contribution in [0.25, 0.3) is 132 Å². The van der Waals surface area contributed by atoms with E-state index in [-0.39, 0.29) is 0 Å². The first-order valence-corrected chi connectivity index (χ1v) is 23.2. The lowest BCUT2D eigenvalue weighted by molar-refractivity contribution is 1.02. The van der Waals surface area contributed by atoms with E-state index in [0.29, 0.717) is 5.95 Å². The molecule has 68 heavy (non-hydrogen) atoms. The monoisotopic (exact) mass is 864 g/mol. The predicted octanol–water partition coefficient (Wildman–Crippen LogP) is 16.8. The molecule has 0 bridgehead atoms. The van der Waals surface area contributed by atoms with Gasteiger partial charge in [0.2, 0.25) is 5.95 Å². The van der Waals surface area contributed by atoms with Crippen molar-refractivity contribution in [2.24, 2.45) is 0 Å². The van der Waals surface area contributed by atoms with Crippen molar-refractivity contribution in [2.45, 2.75) is 0 Å². The van der Waals surface area contributed by atoms with Crippen molar-refractivity contribution < 1.29 is 0 Å². The average molecular weight is 865 g/mol. The second-order valence-electron chi connectivity index (χ2n) is 17.7. The highest BCUT2D eigenvalue weighted by molar-refractivity contribution is 6.38. The van der Waals surface area contributed by atoms with Crippen LogP contribution in [0.1, 0.15) is 0 Å². The van der Waals surface area contributed by atoms with Crippen LogP contribution in [0.3, 0.4) is 0 Å². The van der Waals surface area contributed by atoms with Gasteiger partial charge in [-0.05, 0) is 98.1 Å². The van der Waals surface area contributed by atoms with Crippen LogP contribution < -0.4 is 0 Å². The number of hydrogen-bond donors (Lipinski definition) is 0. The lowest BCUT2D eigenvalue weighted by Gasteiger charge is -2.14. The van der Waals surface area contributed by atoms with Crippen molar-refractivity contribution >= 4 is 76.1 Å². The Kier molecular flexibility index (Phi) is 8.55. The zero-order chi connectivity index (χ0) is 44.7. The average Bonchev–Trinajstić information content (AvgIpc) is 3.95. The van der Waals surface area contributed by atoms with Gasteiger partial charge in [0, 0.05) is 43.6 Å². The molecule has 0 amide bonds. The molecule has 0 saturated heterocycles. The summed E-state index contributed by atoms with van der Waals surface area (Å²) in [7, 11) is 0. The summed E-state index contributed by atoms with van der Waals surface area (Å²) in [5, 5.41) is 10.5. The Bertz CT molecular complexity index is 4240. The number of hydrogen-bond acceptors (Lipinski definition) is 2. The number of benzene rings is 11. The van der Waals surface area contributed by atoms with Crippen molar-refractivity contribution in [2.75, 3.05) is 0 Å². The van der Waals surface area contributed by atoms with E-state index in [1.807, 2.05) is 0 Å². The molecule has 3 heterocycles. The third-order valence-electron chi connectivity index (χ3n) is 13.9. The summed E-state index contributed by atoms with van der Waals surface area (Å²) in [4.78, 5) is 11.1. The second kappa shape index (κ2) is 15.2. The van der Waals surface area contributed by atoms with E-state index in [1.54, 1.807) is 0 Å². The van der Waals surface area contributed by atoms with E-state index in [1.165, 1.54) is 65.5 Å². The Morgan fingerprint density at radius 2 is 0.750 bits per heavy atom. The van der Waals surface area contributed by atoms with E-state index < -0.39 is 0 Å². The topological polar surface area (TPSA) is 35.6 Å². The van der Waals surface area contributed by atoms with Gasteiger partial charge in [0.15, 0.2) is 0 Å². The molecular weight excluding hydrogens is 825 g/mol. The zero-order valence-corrected chi connectivity index (χ0v) is 36.9. The van der Waals surface area contributed by atoms with E-state index in [0.717, 1.165) is 60.9 Å². The highest BCUT2D eigenvalue weighted by Gasteiger charge is 2.26. The number of para-hydroxylation sites is 2. The van der Waals surface area contributed by atoms with Crippen LogP contribution in [0, 0.1) is 0 Å². The first kappa shape index (κ1) is 38.2. The number of fused-ring (bicyclic) bond motifs is 13. The molecule has 0 fully saturated rings. The van der Waals surface area contributed by atoms with Gasteiger partial charge < -0.3 is 4.57 Å². The Labute approximate surface area is 392 Å². The molecule has 3 aromatic heterocycles. The molecular formula is C64H40N4. The van der Waals surface area contributed by atoms with Gasteiger partial charge >= 0.3 is 0 Å². The first-order chi connectivity index (χ1) is 33.7. The first-order valence-electron chi connectivity index (χ1n) is 23.2. The maximum absolute atomic E-state index is 5.65. The molecule has 0 N–H and O–H groups in total. The van der Waals surface area contributed by atoms with Crippen molar-refractivity contribution in [1.82, 2.24) is 19.1 Å². The molecule has 0 aliphatic heterocycles. The molecule has 14 aromatic rings. The fraction of sp³-hybridized carbons (Fsp3) is 0. The van der Waals surface area contributed by atoms with Gasteiger partial charge in [-0.1, -0.05) is 194 Å². The van der Waals surface area contributed by atoms with Crippen molar-refractivity contribution in [1.29, 1.82) is 0 Å². The van der Waals surface area contributed by atoms with Crippen molar-refractivity contribution in [3.05, 3.63) is 243 Å². The minimum atomic E-state index is 0.635. The van der Waals surface area contributed by atoms with Crippen LogP contribution in [0.2, 0.25) is 0 Å². The molecule has 316 valence electrons. The lowest BCUT2D eigenvalue weighted by Crippen LogP contribution is -2.04. The summed E-state index contributed by atoms with van der Waals surface area (Å²) in [5.74, 6) is 0.635. The molecule has 0 unspecified atom stereocenters. The third kappa shape index (κ3) is 5.87. The normalized spacial score (nSPS) is 11.8. The van der Waals surface area contributed by atoms with Crippen LogP contribution in [0.5, 0.6) is 0 Å². The maximum Gasteiger partial charge on any atom is 0.235 e. The minimum absolute atomic E-state index is 0.635. The molecule has 4 nitrogen and oxygen atoms in total. The van der Waals surface area contributed by atoms with E-state index in [9.17, 15) is 0 Å². The van der Waals surface area contributed by atoms with Gasteiger partial charge in [0.05, 0.1) is 33.3 Å². The quantitative estimate of drug-likeness (QED) is 0.156. The summed E-state index contributed by atoms with van der Waals surface area (Å²) in [6.45, 7) is 0. The van der Waals surface area contributed by atoms with Crippen molar-refractivity contribution in [3.8, 4) is 56.3 Å². The molecule has 0 atom stereocenters. The highest BCUT2D eigenvalue weighted by atomic mass is 15.2. The summed E-state index contributed by atoms with van der Waals surface area (Å²) in [5.41, 5.74) is 15.4. The Morgan fingerprint density at radius 1 is 0.265 bits per heavy atom. The van der Waals surface area contributed by atoms with E-state index in [4.69, 9.17) is 9.97 Å². The number of rotatable bonds is 6. The van der Waals surface area contributed by atoms with Crippen LogP contribution in [0.15, 0.2) is 243 Å². The third-order valence-corrected chi connectivity index (χ3v) is 13.9. The molecule has 11 aromatic carbocycles. The summed E-state index contributed by atoms with van der Waals surface area (Å²) >= 11 is 0. The van der Waals surface area contributed by atoms with Gasteiger partial charge in [0.25, 0.3) is 0 Å². The molecule has 0 saturated carbocycles. The van der Waals surface area contributed by atoms with Crippen LogP contribution in [0.4, 0.5) is 0 Å².